The lowest BCUT2D eigenvalue weighted by Crippen LogP contribution is -2.49. The Bertz CT molecular complexity index is 936. The first-order chi connectivity index (χ1) is 12.0. The van der Waals surface area contributed by atoms with Crippen LogP contribution in [0.3, 0.4) is 0 Å². The van der Waals surface area contributed by atoms with E-state index in [1.807, 2.05) is 31.7 Å². The van der Waals surface area contributed by atoms with Crippen LogP contribution in [0, 0.1) is 20.8 Å². The molecular weight excluding hydrogens is 320 g/mol. The zero-order chi connectivity index (χ0) is 17.6. The number of carbonyl (C=O) groups is 1. The fourth-order valence-electron chi connectivity index (χ4n) is 3.21. The number of furan rings is 1. The summed E-state index contributed by atoms with van der Waals surface area (Å²) in [5.74, 6) is 2.70. The lowest BCUT2D eigenvalue weighted by atomic mass is 10.2. The molecule has 8 nitrogen and oxygen atoms in total. The SMILES string of the molecule is Cc1ccc(C(=O)N2CCN(c3c(C)c(C)nc4ncnn34)CC2)o1. The van der Waals surface area contributed by atoms with Gasteiger partial charge in [0.1, 0.15) is 17.9 Å². The first-order valence-corrected chi connectivity index (χ1v) is 8.32. The largest absolute Gasteiger partial charge is 0.456 e. The predicted molar refractivity (Wildman–Crippen MR) is 91.8 cm³/mol. The first-order valence-electron chi connectivity index (χ1n) is 8.32. The molecule has 0 atom stereocenters. The standard InChI is InChI=1S/C17H20N6O2/c1-11-4-5-14(25-11)16(24)22-8-6-21(7-9-22)15-12(2)13(3)20-17-18-10-19-23(15)17/h4-5,10H,6-9H2,1-3H3. The summed E-state index contributed by atoms with van der Waals surface area (Å²) < 4.78 is 7.23. The normalized spacial score (nSPS) is 15.2. The molecule has 4 heterocycles. The van der Waals surface area contributed by atoms with Crippen molar-refractivity contribution in [1.82, 2.24) is 24.5 Å². The number of fused-ring (bicyclic) bond motifs is 1. The Morgan fingerprint density at radius 3 is 2.56 bits per heavy atom. The lowest BCUT2D eigenvalue weighted by Gasteiger charge is -2.36. The molecule has 3 aromatic rings. The summed E-state index contributed by atoms with van der Waals surface area (Å²) in [7, 11) is 0. The van der Waals surface area contributed by atoms with Crippen molar-refractivity contribution in [2.45, 2.75) is 20.8 Å². The van der Waals surface area contributed by atoms with Crippen LogP contribution in [-0.2, 0) is 0 Å². The highest BCUT2D eigenvalue weighted by Crippen LogP contribution is 2.24. The highest BCUT2D eigenvalue weighted by atomic mass is 16.3. The second kappa shape index (κ2) is 5.87. The Morgan fingerprint density at radius 2 is 1.88 bits per heavy atom. The summed E-state index contributed by atoms with van der Waals surface area (Å²) in [5.41, 5.74) is 2.03. The van der Waals surface area contributed by atoms with E-state index in [2.05, 4.69) is 20.0 Å². The Morgan fingerprint density at radius 1 is 1.12 bits per heavy atom. The maximum Gasteiger partial charge on any atom is 0.289 e. The highest BCUT2D eigenvalue weighted by Gasteiger charge is 2.26. The fraction of sp³-hybridized carbons (Fsp3) is 0.412. The van der Waals surface area contributed by atoms with Gasteiger partial charge in [-0.05, 0) is 32.9 Å². The molecule has 4 rings (SSSR count). The Kier molecular flexibility index (Phi) is 3.67. The zero-order valence-corrected chi connectivity index (χ0v) is 14.6. The van der Waals surface area contributed by atoms with Crippen LogP contribution in [0.4, 0.5) is 5.82 Å². The van der Waals surface area contributed by atoms with Gasteiger partial charge in [0.05, 0.1) is 0 Å². The lowest BCUT2D eigenvalue weighted by molar-refractivity contribution is 0.0713. The van der Waals surface area contributed by atoms with E-state index in [0.717, 1.165) is 35.9 Å². The topological polar surface area (TPSA) is 79.8 Å². The smallest absolute Gasteiger partial charge is 0.289 e. The molecule has 1 saturated heterocycles. The van der Waals surface area contributed by atoms with Crippen LogP contribution in [0.2, 0.25) is 0 Å². The Hall–Kier alpha value is -2.90. The van der Waals surface area contributed by atoms with Crippen LogP contribution >= 0.6 is 0 Å². The minimum Gasteiger partial charge on any atom is -0.456 e. The second-order valence-corrected chi connectivity index (χ2v) is 6.31. The van der Waals surface area contributed by atoms with Crippen molar-refractivity contribution < 1.29 is 9.21 Å². The van der Waals surface area contributed by atoms with E-state index in [4.69, 9.17) is 4.42 Å². The second-order valence-electron chi connectivity index (χ2n) is 6.31. The van der Waals surface area contributed by atoms with Crippen molar-refractivity contribution in [3.8, 4) is 0 Å². The Labute approximate surface area is 145 Å². The van der Waals surface area contributed by atoms with E-state index in [1.165, 1.54) is 6.33 Å². The van der Waals surface area contributed by atoms with Crippen molar-refractivity contribution in [2.24, 2.45) is 0 Å². The number of amides is 1. The summed E-state index contributed by atoms with van der Waals surface area (Å²) >= 11 is 0. The number of hydrogen-bond donors (Lipinski definition) is 0. The third-order valence-electron chi connectivity index (χ3n) is 4.69. The van der Waals surface area contributed by atoms with Gasteiger partial charge in [0.25, 0.3) is 11.7 Å². The van der Waals surface area contributed by atoms with Crippen LogP contribution in [0.15, 0.2) is 22.9 Å². The monoisotopic (exact) mass is 340 g/mol. The van der Waals surface area contributed by atoms with Gasteiger partial charge < -0.3 is 14.2 Å². The van der Waals surface area contributed by atoms with Crippen molar-refractivity contribution in [2.75, 3.05) is 31.1 Å². The molecule has 0 spiro atoms. The number of aryl methyl sites for hydroxylation is 2. The van der Waals surface area contributed by atoms with Crippen molar-refractivity contribution in [3.05, 3.63) is 41.2 Å². The minimum atomic E-state index is -0.0544. The summed E-state index contributed by atoms with van der Waals surface area (Å²) in [4.78, 5) is 25.3. The summed E-state index contributed by atoms with van der Waals surface area (Å²) in [6.45, 7) is 8.58. The van der Waals surface area contributed by atoms with Crippen LogP contribution in [0.5, 0.6) is 0 Å². The molecule has 25 heavy (non-hydrogen) atoms. The third kappa shape index (κ3) is 2.63. The molecule has 0 radical (unpaired) electrons. The van der Waals surface area contributed by atoms with E-state index in [9.17, 15) is 4.79 Å². The third-order valence-corrected chi connectivity index (χ3v) is 4.69. The number of nitrogens with zero attached hydrogens (tertiary/aromatic N) is 6. The molecule has 1 fully saturated rings. The van der Waals surface area contributed by atoms with Crippen molar-refractivity contribution >= 4 is 17.5 Å². The maximum absolute atomic E-state index is 12.5. The van der Waals surface area contributed by atoms with Crippen molar-refractivity contribution in [3.63, 3.8) is 0 Å². The van der Waals surface area contributed by atoms with Crippen LogP contribution in [0.25, 0.3) is 5.78 Å². The molecule has 1 aliphatic rings. The summed E-state index contributed by atoms with van der Waals surface area (Å²) in [6.07, 6.45) is 1.52. The van der Waals surface area contributed by atoms with E-state index in [-0.39, 0.29) is 5.91 Å². The number of anilines is 1. The molecular formula is C17H20N6O2. The minimum absolute atomic E-state index is 0.0544. The molecule has 1 aliphatic heterocycles. The zero-order valence-electron chi connectivity index (χ0n) is 14.6. The van der Waals surface area contributed by atoms with Crippen LogP contribution in [-0.4, -0.2) is 56.6 Å². The fourth-order valence-corrected chi connectivity index (χ4v) is 3.21. The highest BCUT2D eigenvalue weighted by molar-refractivity contribution is 5.91. The molecule has 0 unspecified atom stereocenters. The van der Waals surface area contributed by atoms with Gasteiger partial charge in [-0.1, -0.05) is 0 Å². The number of hydrogen-bond acceptors (Lipinski definition) is 6. The first kappa shape index (κ1) is 15.6. The molecule has 3 aromatic heterocycles. The number of aromatic nitrogens is 4. The van der Waals surface area contributed by atoms with Gasteiger partial charge in [-0.3, -0.25) is 4.79 Å². The average molecular weight is 340 g/mol. The molecule has 130 valence electrons. The summed E-state index contributed by atoms with van der Waals surface area (Å²) in [5, 5.41) is 4.31. The van der Waals surface area contributed by atoms with Gasteiger partial charge in [0.2, 0.25) is 0 Å². The number of piperazine rings is 1. The van der Waals surface area contributed by atoms with Gasteiger partial charge in [0, 0.05) is 37.4 Å². The molecule has 0 N–H and O–H groups in total. The predicted octanol–water partition coefficient (Wildman–Crippen LogP) is 1.60. The van der Waals surface area contributed by atoms with Gasteiger partial charge in [-0.2, -0.15) is 14.6 Å². The van der Waals surface area contributed by atoms with Gasteiger partial charge in [0.15, 0.2) is 5.76 Å². The average Bonchev–Trinajstić information content (AvgIpc) is 3.24. The summed E-state index contributed by atoms with van der Waals surface area (Å²) in [6, 6.07) is 3.55. The quantitative estimate of drug-likeness (QED) is 0.705. The van der Waals surface area contributed by atoms with E-state index in [0.29, 0.717) is 24.6 Å². The Balaban J connectivity index is 1.55. The molecule has 8 heteroatoms. The number of carbonyl (C=O) groups excluding carboxylic acids is 1. The number of rotatable bonds is 2. The maximum atomic E-state index is 12.5. The van der Waals surface area contributed by atoms with E-state index in [1.54, 1.807) is 10.6 Å². The molecule has 0 bridgehead atoms. The van der Waals surface area contributed by atoms with E-state index >= 15 is 0 Å². The van der Waals surface area contributed by atoms with Gasteiger partial charge in [-0.15, -0.1) is 0 Å². The van der Waals surface area contributed by atoms with Crippen LogP contribution in [0.1, 0.15) is 27.6 Å². The van der Waals surface area contributed by atoms with Gasteiger partial charge >= 0.3 is 0 Å². The van der Waals surface area contributed by atoms with Crippen molar-refractivity contribution in [1.29, 1.82) is 0 Å². The molecule has 0 aliphatic carbocycles. The molecule has 1 amide bonds. The van der Waals surface area contributed by atoms with Gasteiger partial charge in [-0.25, -0.2) is 4.98 Å². The van der Waals surface area contributed by atoms with Crippen LogP contribution < -0.4 is 4.90 Å². The molecule has 0 saturated carbocycles. The van der Waals surface area contributed by atoms with E-state index < -0.39 is 0 Å². The molecule has 0 aromatic carbocycles.